The Labute approximate surface area is 113 Å². The number of pyridine rings is 1. The molecular formula is C13H12FN3O3. The molecule has 1 aliphatic heterocycles. The van der Waals surface area contributed by atoms with Gasteiger partial charge in [0.2, 0.25) is 0 Å². The molecule has 3 rings (SSSR count). The number of nitro groups is 1. The summed E-state index contributed by atoms with van der Waals surface area (Å²) in [5.41, 5.74) is 0.185. The quantitative estimate of drug-likeness (QED) is 0.669. The lowest BCUT2D eigenvalue weighted by Crippen LogP contribution is -2.23. The number of non-ortho nitro benzene ring substituents is 1. The molecule has 1 unspecified atom stereocenters. The Hall–Kier alpha value is -2.28. The Morgan fingerprint density at radius 2 is 2.35 bits per heavy atom. The molecule has 0 saturated carbocycles. The number of halogens is 1. The molecule has 1 atom stereocenters. The minimum Gasteiger partial charge on any atom is -0.391 e. The van der Waals surface area contributed by atoms with Gasteiger partial charge < -0.3 is 10.0 Å². The van der Waals surface area contributed by atoms with E-state index in [2.05, 4.69) is 4.98 Å². The number of β-amino-alcohol motifs (C(OH)–C–C–N with tert-alkyl or cyclic N) is 1. The van der Waals surface area contributed by atoms with Gasteiger partial charge in [-0.3, -0.25) is 15.1 Å². The molecule has 2 heterocycles. The number of hydrogen-bond donors (Lipinski definition) is 1. The lowest BCUT2D eigenvalue weighted by molar-refractivity contribution is -0.383. The van der Waals surface area contributed by atoms with Crippen molar-refractivity contribution in [3.05, 3.63) is 40.3 Å². The van der Waals surface area contributed by atoms with Crippen LogP contribution in [0.25, 0.3) is 10.9 Å². The molecule has 1 aromatic heterocycles. The lowest BCUT2D eigenvalue weighted by atomic mass is 10.1. The van der Waals surface area contributed by atoms with E-state index in [1.54, 1.807) is 17.0 Å². The van der Waals surface area contributed by atoms with Crippen molar-refractivity contribution in [3.8, 4) is 0 Å². The van der Waals surface area contributed by atoms with Crippen LogP contribution < -0.4 is 4.90 Å². The summed E-state index contributed by atoms with van der Waals surface area (Å²) in [5.74, 6) is -0.683. The highest BCUT2D eigenvalue weighted by atomic mass is 19.1. The van der Waals surface area contributed by atoms with Gasteiger partial charge in [0, 0.05) is 19.3 Å². The summed E-state index contributed by atoms with van der Waals surface area (Å²) in [6.45, 7) is 0.808. The Morgan fingerprint density at radius 1 is 1.55 bits per heavy atom. The first-order valence-electron chi connectivity index (χ1n) is 6.22. The van der Waals surface area contributed by atoms with Crippen LogP contribution in [0.2, 0.25) is 0 Å². The SMILES string of the molecule is O=[N+]([O-])c1cc(F)c(N2CCC(O)C2)c2ncccc12. The molecule has 7 heteroatoms. The van der Waals surface area contributed by atoms with E-state index in [0.29, 0.717) is 24.9 Å². The van der Waals surface area contributed by atoms with Gasteiger partial charge in [0.1, 0.15) is 11.2 Å². The van der Waals surface area contributed by atoms with Crippen molar-refractivity contribution in [1.82, 2.24) is 4.98 Å². The van der Waals surface area contributed by atoms with Gasteiger partial charge in [0.05, 0.1) is 22.5 Å². The van der Waals surface area contributed by atoms with E-state index >= 15 is 0 Å². The number of hydrogen-bond acceptors (Lipinski definition) is 5. The number of nitrogens with zero attached hydrogens (tertiary/aromatic N) is 3. The lowest BCUT2D eigenvalue weighted by Gasteiger charge is -2.20. The zero-order chi connectivity index (χ0) is 14.3. The third kappa shape index (κ3) is 1.96. The molecular weight excluding hydrogens is 265 g/mol. The summed E-state index contributed by atoms with van der Waals surface area (Å²) >= 11 is 0. The van der Waals surface area contributed by atoms with Gasteiger partial charge in [0.25, 0.3) is 5.69 Å². The number of rotatable bonds is 2. The summed E-state index contributed by atoms with van der Waals surface area (Å²) in [4.78, 5) is 16.2. The molecule has 0 aliphatic carbocycles. The zero-order valence-electron chi connectivity index (χ0n) is 10.5. The van der Waals surface area contributed by atoms with Gasteiger partial charge in [-0.05, 0) is 18.6 Å². The predicted molar refractivity (Wildman–Crippen MR) is 71.2 cm³/mol. The van der Waals surface area contributed by atoms with E-state index in [-0.39, 0.29) is 16.9 Å². The largest absolute Gasteiger partial charge is 0.391 e. The first kappa shape index (κ1) is 12.7. The molecule has 1 N–H and O–H groups in total. The van der Waals surface area contributed by atoms with E-state index < -0.39 is 16.8 Å². The van der Waals surface area contributed by atoms with Gasteiger partial charge in [-0.1, -0.05) is 0 Å². The van der Waals surface area contributed by atoms with E-state index in [1.807, 2.05) is 0 Å². The first-order chi connectivity index (χ1) is 9.58. The molecule has 1 saturated heterocycles. The second kappa shape index (κ2) is 4.68. The van der Waals surface area contributed by atoms with Crippen LogP contribution in [-0.2, 0) is 0 Å². The number of anilines is 1. The Bertz CT molecular complexity index is 692. The number of aliphatic hydroxyl groups is 1. The van der Waals surface area contributed by atoms with E-state index in [4.69, 9.17) is 0 Å². The molecule has 1 aromatic carbocycles. The summed E-state index contributed by atoms with van der Waals surface area (Å²) in [5, 5.41) is 20.9. The second-order valence-electron chi connectivity index (χ2n) is 4.77. The highest BCUT2D eigenvalue weighted by Crippen LogP contribution is 2.36. The minimum atomic E-state index is -0.683. The molecule has 0 spiro atoms. The summed E-state index contributed by atoms with van der Waals surface area (Å²) < 4.78 is 14.3. The molecule has 0 bridgehead atoms. The second-order valence-corrected chi connectivity index (χ2v) is 4.77. The highest BCUT2D eigenvalue weighted by Gasteiger charge is 2.28. The van der Waals surface area contributed by atoms with Crippen LogP contribution in [0.1, 0.15) is 6.42 Å². The van der Waals surface area contributed by atoms with Crippen molar-refractivity contribution in [2.45, 2.75) is 12.5 Å². The zero-order valence-corrected chi connectivity index (χ0v) is 10.5. The van der Waals surface area contributed by atoms with Gasteiger partial charge >= 0.3 is 0 Å². The van der Waals surface area contributed by atoms with Gasteiger partial charge in [-0.25, -0.2) is 4.39 Å². The van der Waals surface area contributed by atoms with Crippen LogP contribution in [0.15, 0.2) is 24.4 Å². The summed E-state index contributed by atoms with van der Waals surface area (Å²) in [6.07, 6.45) is 1.51. The summed E-state index contributed by atoms with van der Waals surface area (Å²) in [7, 11) is 0. The average molecular weight is 277 g/mol. The summed E-state index contributed by atoms with van der Waals surface area (Å²) in [6, 6.07) is 4.05. The maximum atomic E-state index is 14.3. The third-order valence-corrected chi connectivity index (χ3v) is 3.47. The number of benzene rings is 1. The first-order valence-corrected chi connectivity index (χ1v) is 6.22. The van der Waals surface area contributed by atoms with Crippen LogP contribution in [0, 0.1) is 15.9 Å². The van der Waals surface area contributed by atoms with E-state index in [1.165, 1.54) is 6.20 Å². The number of fused-ring (bicyclic) bond motifs is 1. The highest BCUT2D eigenvalue weighted by molar-refractivity contribution is 5.97. The minimum absolute atomic E-state index is 0.225. The van der Waals surface area contributed by atoms with Crippen LogP contribution >= 0.6 is 0 Å². The van der Waals surface area contributed by atoms with Gasteiger partial charge in [0.15, 0.2) is 5.82 Å². The fraction of sp³-hybridized carbons (Fsp3) is 0.308. The topological polar surface area (TPSA) is 79.5 Å². The van der Waals surface area contributed by atoms with E-state index in [9.17, 15) is 19.6 Å². The fourth-order valence-corrected chi connectivity index (χ4v) is 2.58. The number of aromatic nitrogens is 1. The van der Waals surface area contributed by atoms with Crippen LogP contribution in [-0.4, -0.2) is 34.2 Å². The fourth-order valence-electron chi connectivity index (χ4n) is 2.58. The van der Waals surface area contributed by atoms with Gasteiger partial charge in [-0.15, -0.1) is 0 Å². The van der Waals surface area contributed by atoms with Gasteiger partial charge in [-0.2, -0.15) is 0 Å². The average Bonchev–Trinajstić information content (AvgIpc) is 2.83. The Balaban J connectivity index is 2.25. The molecule has 6 nitrogen and oxygen atoms in total. The van der Waals surface area contributed by atoms with E-state index in [0.717, 1.165) is 6.07 Å². The normalized spacial score (nSPS) is 18.7. The molecule has 1 fully saturated rings. The number of aliphatic hydroxyl groups excluding tert-OH is 1. The van der Waals surface area contributed by atoms with Crippen molar-refractivity contribution in [3.63, 3.8) is 0 Å². The van der Waals surface area contributed by atoms with Crippen molar-refractivity contribution in [2.75, 3.05) is 18.0 Å². The standard InChI is InChI=1S/C13H12FN3O3/c14-10-6-11(17(19)20)9-2-1-4-15-12(9)13(10)16-5-3-8(18)7-16/h1-2,4,6,8,18H,3,5,7H2. The third-order valence-electron chi connectivity index (χ3n) is 3.47. The van der Waals surface area contributed by atoms with Crippen molar-refractivity contribution in [2.24, 2.45) is 0 Å². The van der Waals surface area contributed by atoms with Crippen molar-refractivity contribution < 1.29 is 14.4 Å². The molecule has 0 amide bonds. The van der Waals surface area contributed by atoms with Crippen LogP contribution in [0.4, 0.5) is 15.8 Å². The predicted octanol–water partition coefficient (Wildman–Crippen LogP) is 1.85. The molecule has 2 aromatic rings. The number of nitro benzene ring substituents is 1. The Kier molecular flexibility index (Phi) is 2.98. The van der Waals surface area contributed by atoms with Crippen LogP contribution in [0.3, 0.4) is 0 Å². The molecule has 0 radical (unpaired) electrons. The Morgan fingerprint density at radius 3 is 3.00 bits per heavy atom. The molecule has 1 aliphatic rings. The molecule has 104 valence electrons. The maximum Gasteiger partial charge on any atom is 0.281 e. The van der Waals surface area contributed by atoms with Crippen molar-refractivity contribution >= 4 is 22.3 Å². The molecule has 20 heavy (non-hydrogen) atoms. The smallest absolute Gasteiger partial charge is 0.281 e. The maximum absolute atomic E-state index is 14.3. The van der Waals surface area contributed by atoms with Crippen LogP contribution in [0.5, 0.6) is 0 Å². The monoisotopic (exact) mass is 277 g/mol. The van der Waals surface area contributed by atoms with Crippen molar-refractivity contribution in [1.29, 1.82) is 0 Å².